The lowest BCUT2D eigenvalue weighted by molar-refractivity contribution is -0.130. The molecule has 68 valence electrons. The molecule has 0 aromatic rings. The van der Waals surface area contributed by atoms with Gasteiger partial charge in [-0.3, -0.25) is 0 Å². The maximum atomic E-state index is 10.7. The van der Waals surface area contributed by atoms with Gasteiger partial charge in [-0.05, 0) is 6.92 Å². The van der Waals surface area contributed by atoms with Crippen LogP contribution in [0, 0.1) is 0 Å². The van der Waals surface area contributed by atoms with Gasteiger partial charge in [-0.2, -0.15) is 0 Å². The molecule has 1 saturated heterocycles. The van der Waals surface area contributed by atoms with E-state index in [-0.39, 0.29) is 0 Å². The van der Waals surface area contributed by atoms with Gasteiger partial charge in [0.05, 0.1) is 0 Å². The van der Waals surface area contributed by atoms with Crippen molar-refractivity contribution >= 4 is 6.16 Å². The average Bonchev–Trinajstić information content (AvgIpc) is 2.00. The second-order valence-corrected chi connectivity index (χ2v) is 2.74. The van der Waals surface area contributed by atoms with Crippen LogP contribution >= 0.6 is 0 Å². The number of hydrogen-bond acceptors (Lipinski definition) is 4. The minimum Gasteiger partial charge on any atom is -0.428 e. The lowest BCUT2D eigenvalue weighted by Crippen LogP contribution is -2.46. The third kappa shape index (κ3) is 1.76. The van der Waals surface area contributed by atoms with Crippen molar-refractivity contribution in [3.05, 3.63) is 12.7 Å². The maximum absolute atomic E-state index is 10.7. The van der Waals surface area contributed by atoms with Crippen molar-refractivity contribution in [3.63, 3.8) is 0 Å². The molecule has 1 heterocycles. The van der Waals surface area contributed by atoms with E-state index in [1.807, 2.05) is 0 Å². The molecule has 1 rings (SSSR count). The van der Waals surface area contributed by atoms with E-state index in [4.69, 9.17) is 4.74 Å². The number of carbonyl (C=O) groups is 1. The molecule has 0 radical (unpaired) electrons. The molecule has 1 aliphatic heterocycles. The van der Waals surface area contributed by atoms with Crippen LogP contribution in [0.25, 0.3) is 0 Å². The standard InChI is InChI=1S/C8H12O4/c1-3-4-6-7(9)5(2)11-8(10)12-6/h3,5-7,9H,1,4H2,2H3/t5-,6-,7-/m1/s1. The van der Waals surface area contributed by atoms with Gasteiger partial charge in [0, 0.05) is 6.42 Å². The Hall–Kier alpha value is -1.03. The number of aliphatic hydroxyl groups is 1. The number of aliphatic hydroxyl groups excluding tert-OH is 1. The zero-order valence-corrected chi connectivity index (χ0v) is 6.90. The fourth-order valence-corrected chi connectivity index (χ4v) is 1.10. The van der Waals surface area contributed by atoms with Crippen LogP contribution in [-0.2, 0) is 9.47 Å². The molecule has 0 unspecified atom stereocenters. The molecular weight excluding hydrogens is 160 g/mol. The molecule has 1 aliphatic rings. The van der Waals surface area contributed by atoms with Crippen molar-refractivity contribution in [2.45, 2.75) is 31.7 Å². The summed E-state index contributed by atoms with van der Waals surface area (Å²) in [6, 6.07) is 0. The van der Waals surface area contributed by atoms with E-state index in [0.29, 0.717) is 6.42 Å². The number of cyclic esters (lactones) is 2. The van der Waals surface area contributed by atoms with Crippen molar-refractivity contribution < 1.29 is 19.4 Å². The van der Waals surface area contributed by atoms with Gasteiger partial charge in [0.25, 0.3) is 0 Å². The quantitative estimate of drug-likeness (QED) is 0.495. The molecule has 0 aromatic heterocycles. The first kappa shape index (κ1) is 9.06. The molecule has 0 aromatic carbocycles. The molecule has 0 spiro atoms. The maximum Gasteiger partial charge on any atom is 0.509 e. The van der Waals surface area contributed by atoms with Crippen LogP contribution in [0.5, 0.6) is 0 Å². The van der Waals surface area contributed by atoms with Crippen LogP contribution in [0.2, 0.25) is 0 Å². The molecule has 0 bridgehead atoms. The van der Waals surface area contributed by atoms with E-state index in [1.165, 1.54) is 0 Å². The molecule has 1 fully saturated rings. The van der Waals surface area contributed by atoms with Crippen molar-refractivity contribution in [3.8, 4) is 0 Å². The first-order chi connectivity index (χ1) is 5.65. The first-order valence-electron chi connectivity index (χ1n) is 3.81. The van der Waals surface area contributed by atoms with E-state index >= 15 is 0 Å². The summed E-state index contributed by atoms with van der Waals surface area (Å²) in [6.07, 6.45) is -0.463. The number of hydrogen-bond donors (Lipinski definition) is 1. The van der Waals surface area contributed by atoms with Crippen LogP contribution in [0.1, 0.15) is 13.3 Å². The predicted molar refractivity (Wildman–Crippen MR) is 41.6 cm³/mol. The largest absolute Gasteiger partial charge is 0.509 e. The van der Waals surface area contributed by atoms with E-state index in [2.05, 4.69) is 11.3 Å². The molecular formula is C8H12O4. The molecule has 12 heavy (non-hydrogen) atoms. The van der Waals surface area contributed by atoms with Gasteiger partial charge < -0.3 is 14.6 Å². The second-order valence-electron chi connectivity index (χ2n) is 2.74. The summed E-state index contributed by atoms with van der Waals surface area (Å²) < 4.78 is 9.36. The fourth-order valence-electron chi connectivity index (χ4n) is 1.10. The van der Waals surface area contributed by atoms with Crippen LogP contribution in [0.4, 0.5) is 4.79 Å². The fraction of sp³-hybridized carbons (Fsp3) is 0.625. The Morgan fingerprint density at radius 1 is 1.67 bits per heavy atom. The highest BCUT2D eigenvalue weighted by Gasteiger charge is 2.35. The third-order valence-corrected chi connectivity index (χ3v) is 1.79. The van der Waals surface area contributed by atoms with Crippen LogP contribution in [0.15, 0.2) is 12.7 Å². The normalized spacial score (nSPS) is 35.2. The Bertz CT molecular complexity index is 189. The highest BCUT2D eigenvalue weighted by molar-refractivity contribution is 5.61. The molecule has 1 N–H and O–H groups in total. The predicted octanol–water partition coefficient (Wildman–Crippen LogP) is 0.847. The number of ether oxygens (including phenoxy) is 2. The first-order valence-corrected chi connectivity index (χ1v) is 3.81. The zero-order valence-electron chi connectivity index (χ0n) is 6.90. The highest BCUT2D eigenvalue weighted by atomic mass is 16.7. The van der Waals surface area contributed by atoms with Gasteiger partial charge in [-0.15, -0.1) is 6.58 Å². The lowest BCUT2D eigenvalue weighted by Gasteiger charge is -2.31. The molecule has 4 nitrogen and oxygen atoms in total. The smallest absolute Gasteiger partial charge is 0.428 e. The van der Waals surface area contributed by atoms with E-state index in [0.717, 1.165) is 0 Å². The number of carbonyl (C=O) groups excluding carboxylic acids is 1. The SMILES string of the molecule is C=CC[C@H]1OC(=O)O[C@H](C)[C@H]1O. The summed E-state index contributed by atoms with van der Waals surface area (Å²) in [5, 5.41) is 9.44. The van der Waals surface area contributed by atoms with Gasteiger partial charge in [0.1, 0.15) is 18.3 Å². The van der Waals surface area contributed by atoms with Crippen LogP contribution in [0.3, 0.4) is 0 Å². The van der Waals surface area contributed by atoms with Gasteiger partial charge in [-0.25, -0.2) is 4.79 Å². The molecule has 0 amide bonds. The third-order valence-electron chi connectivity index (χ3n) is 1.79. The average molecular weight is 172 g/mol. The molecule has 0 saturated carbocycles. The molecule has 0 aliphatic carbocycles. The van der Waals surface area contributed by atoms with E-state index in [9.17, 15) is 9.90 Å². The van der Waals surface area contributed by atoms with Crippen molar-refractivity contribution in [1.82, 2.24) is 0 Å². The summed E-state index contributed by atoms with van der Waals surface area (Å²) >= 11 is 0. The molecule has 3 atom stereocenters. The van der Waals surface area contributed by atoms with Gasteiger partial charge >= 0.3 is 6.16 Å². The summed E-state index contributed by atoms with van der Waals surface area (Å²) in [4.78, 5) is 10.7. The van der Waals surface area contributed by atoms with Gasteiger partial charge in [0.2, 0.25) is 0 Å². The molecule has 4 heteroatoms. The zero-order chi connectivity index (χ0) is 9.14. The highest BCUT2D eigenvalue weighted by Crippen LogP contribution is 2.18. The minimum atomic E-state index is -0.763. The number of rotatable bonds is 2. The van der Waals surface area contributed by atoms with Gasteiger partial charge in [-0.1, -0.05) is 6.08 Å². The Morgan fingerprint density at radius 3 is 2.92 bits per heavy atom. The van der Waals surface area contributed by atoms with Crippen molar-refractivity contribution in [1.29, 1.82) is 0 Å². The summed E-state index contributed by atoms with van der Waals surface area (Å²) in [5.74, 6) is 0. The lowest BCUT2D eigenvalue weighted by atomic mass is 10.1. The Morgan fingerprint density at radius 2 is 2.33 bits per heavy atom. The Balaban J connectivity index is 2.59. The Kier molecular flexibility index (Phi) is 2.70. The summed E-state index contributed by atoms with van der Waals surface area (Å²) in [7, 11) is 0. The summed E-state index contributed by atoms with van der Waals surface area (Å²) in [6.45, 7) is 5.12. The van der Waals surface area contributed by atoms with Crippen molar-refractivity contribution in [2.24, 2.45) is 0 Å². The monoisotopic (exact) mass is 172 g/mol. The topological polar surface area (TPSA) is 55.8 Å². The second kappa shape index (κ2) is 3.58. The van der Waals surface area contributed by atoms with Crippen LogP contribution in [-0.4, -0.2) is 29.6 Å². The van der Waals surface area contributed by atoms with Gasteiger partial charge in [0.15, 0.2) is 0 Å². The van der Waals surface area contributed by atoms with Crippen LogP contribution < -0.4 is 0 Å². The Labute approximate surface area is 70.8 Å². The van der Waals surface area contributed by atoms with E-state index in [1.54, 1.807) is 13.0 Å². The minimum absolute atomic E-state index is 0.445. The van der Waals surface area contributed by atoms with Crippen molar-refractivity contribution in [2.75, 3.05) is 0 Å². The summed E-state index contributed by atoms with van der Waals surface area (Å²) in [5.41, 5.74) is 0. The van der Waals surface area contributed by atoms with E-state index < -0.39 is 24.5 Å².